The van der Waals surface area contributed by atoms with Crippen LogP contribution in [0, 0.1) is 0 Å². The number of amides is 2. The van der Waals surface area contributed by atoms with E-state index in [1.165, 1.54) is 6.33 Å². The van der Waals surface area contributed by atoms with E-state index in [9.17, 15) is 9.59 Å². The van der Waals surface area contributed by atoms with Crippen molar-refractivity contribution >= 4 is 23.2 Å². The van der Waals surface area contributed by atoms with E-state index >= 15 is 0 Å². The van der Waals surface area contributed by atoms with Crippen LogP contribution in [-0.2, 0) is 11.3 Å². The molecule has 142 valence electrons. The van der Waals surface area contributed by atoms with Crippen molar-refractivity contribution in [1.29, 1.82) is 0 Å². The Hall–Kier alpha value is -3.48. The molecule has 0 radical (unpaired) electrons. The van der Waals surface area contributed by atoms with E-state index < -0.39 is 0 Å². The molecule has 7 nitrogen and oxygen atoms in total. The predicted octanol–water partition coefficient (Wildman–Crippen LogP) is 3.10. The summed E-state index contributed by atoms with van der Waals surface area (Å²) < 4.78 is 1.74. The molecule has 0 atom stereocenters. The maximum Gasteiger partial charge on any atom is 0.255 e. The molecule has 28 heavy (non-hydrogen) atoms. The van der Waals surface area contributed by atoms with Crippen LogP contribution in [0.1, 0.15) is 35.2 Å². The lowest BCUT2D eigenvalue weighted by Gasteiger charge is -2.26. The molecular weight excluding hydrogens is 354 g/mol. The van der Waals surface area contributed by atoms with Crippen molar-refractivity contribution in [3.05, 3.63) is 72.3 Å². The minimum Gasteiger partial charge on any atom is -0.322 e. The number of anilines is 2. The van der Waals surface area contributed by atoms with E-state index in [2.05, 4.69) is 15.4 Å². The van der Waals surface area contributed by atoms with Crippen LogP contribution in [-0.4, -0.2) is 33.1 Å². The highest BCUT2D eigenvalue weighted by atomic mass is 16.2. The second-order valence-corrected chi connectivity index (χ2v) is 6.79. The smallest absolute Gasteiger partial charge is 0.255 e. The lowest BCUT2D eigenvalue weighted by atomic mass is 10.1. The first kappa shape index (κ1) is 17.9. The summed E-state index contributed by atoms with van der Waals surface area (Å²) in [6.07, 6.45) is 5.72. The van der Waals surface area contributed by atoms with Gasteiger partial charge in [-0.15, -0.1) is 0 Å². The van der Waals surface area contributed by atoms with Gasteiger partial charge in [0.05, 0.1) is 6.54 Å². The maximum absolute atomic E-state index is 12.5. The van der Waals surface area contributed by atoms with Gasteiger partial charge in [-0.3, -0.25) is 9.59 Å². The van der Waals surface area contributed by atoms with Gasteiger partial charge in [0.15, 0.2) is 0 Å². The van der Waals surface area contributed by atoms with Crippen LogP contribution in [0.2, 0.25) is 0 Å². The second kappa shape index (κ2) is 8.04. The van der Waals surface area contributed by atoms with Crippen molar-refractivity contribution in [3.8, 4) is 0 Å². The maximum atomic E-state index is 12.5. The standard InChI is InChI=1S/C21H21N5O2/c27-20-3-1-2-12-26(20)19-10-6-17(7-11-19)21(28)24-18-8-4-16(5-9-18)13-25-15-22-14-23-25/h4-11,14-15H,1-3,12-13H2,(H,24,28). The Balaban J connectivity index is 1.38. The van der Waals surface area contributed by atoms with Crippen LogP contribution in [0.5, 0.6) is 0 Å². The molecule has 0 unspecified atom stereocenters. The molecule has 1 aliphatic heterocycles. The number of rotatable bonds is 5. The van der Waals surface area contributed by atoms with E-state index in [4.69, 9.17) is 0 Å². The minimum atomic E-state index is -0.180. The van der Waals surface area contributed by atoms with E-state index in [-0.39, 0.29) is 11.8 Å². The zero-order chi connectivity index (χ0) is 19.3. The molecule has 2 heterocycles. The first-order valence-electron chi connectivity index (χ1n) is 9.32. The molecule has 4 rings (SSSR count). The van der Waals surface area contributed by atoms with Gasteiger partial charge in [0.25, 0.3) is 5.91 Å². The number of hydrogen-bond acceptors (Lipinski definition) is 4. The Bertz CT molecular complexity index is 949. The van der Waals surface area contributed by atoms with E-state index in [0.717, 1.165) is 36.3 Å². The van der Waals surface area contributed by atoms with Gasteiger partial charge in [0.1, 0.15) is 12.7 Å². The molecule has 0 saturated carbocycles. The Morgan fingerprint density at radius 2 is 1.82 bits per heavy atom. The number of piperidine rings is 1. The first-order valence-corrected chi connectivity index (χ1v) is 9.32. The van der Waals surface area contributed by atoms with Crippen LogP contribution < -0.4 is 10.2 Å². The van der Waals surface area contributed by atoms with Crippen LogP contribution in [0.15, 0.2) is 61.2 Å². The average Bonchev–Trinajstić information content (AvgIpc) is 3.23. The van der Waals surface area contributed by atoms with Crippen molar-refractivity contribution in [1.82, 2.24) is 14.8 Å². The summed E-state index contributed by atoms with van der Waals surface area (Å²) in [6.45, 7) is 1.37. The number of nitrogens with one attached hydrogen (secondary N) is 1. The van der Waals surface area contributed by atoms with Crippen molar-refractivity contribution < 1.29 is 9.59 Å². The summed E-state index contributed by atoms with van der Waals surface area (Å²) in [5.74, 6) is -0.0324. The van der Waals surface area contributed by atoms with Crippen molar-refractivity contribution in [2.45, 2.75) is 25.8 Å². The predicted molar refractivity (Wildman–Crippen MR) is 106 cm³/mol. The zero-order valence-electron chi connectivity index (χ0n) is 15.4. The fourth-order valence-electron chi connectivity index (χ4n) is 3.27. The normalized spacial score (nSPS) is 14.1. The summed E-state index contributed by atoms with van der Waals surface area (Å²) >= 11 is 0. The van der Waals surface area contributed by atoms with Crippen molar-refractivity contribution in [2.75, 3.05) is 16.8 Å². The lowest BCUT2D eigenvalue weighted by molar-refractivity contribution is -0.119. The Labute approximate surface area is 163 Å². The summed E-state index contributed by atoms with van der Waals surface area (Å²) in [6, 6.07) is 14.8. The highest BCUT2D eigenvalue weighted by Crippen LogP contribution is 2.21. The minimum absolute atomic E-state index is 0.148. The van der Waals surface area contributed by atoms with Gasteiger partial charge in [-0.25, -0.2) is 9.67 Å². The Morgan fingerprint density at radius 1 is 1.04 bits per heavy atom. The van der Waals surface area contributed by atoms with Crippen LogP contribution in [0.3, 0.4) is 0 Å². The second-order valence-electron chi connectivity index (χ2n) is 6.79. The van der Waals surface area contributed by atoms with Gasteiger partial charge in [-0.1, -0.05) is 12.1 Å². The van der Waals surface area contributed by atoms with Crippen LogP contribution in [0.4, 0.5) is 11.4 Å². The third kappa shape index (κ3) is 4.09. The summed E-state index contributed by atoms with van der Waals surface area (Å²) in [4.78, 5) is 30.2. The number of nitrogens with zero attached hydrogens (tertiary/aromatic N) is 4. The molecule has 2 amide bonds. The van der Waals surface area contributed by atoms with Gasteiger partial charge in [0.2, 0.25) is 5.91 Å². The van der Waals surface area contributed by atoms with Crippen molar-refractivity contribution in [2.24, 2.45) is 0 Å². The molecule has 7 heteroatoms. The molecule has 1 aliphatic rings. The Morgan fingerprint density at radius 3 is 2.50 bits per heavy atom. The average molecular weight is 375 g/mol. The third-order valence-corrected chi connectivity index (χ3v) is 4.79. The van der Waals surface area contributed by atoms with Gasteiger partial charge in [-0.05, 0) is 54.8 Å². The fraction of sp³-hybridized carbons (Fsp3) is 0.238. The largest absolute Gasteiger partial charge is 0.322 e. The van der Waals surface area contributed by atoms with Gasteiger partial charge in [-0.2, -0.15) is 5.10 Å². The number of benzene rings is 2. The zero-order valence-corrected chi connectivity index (χ0v) is 15.4. The van der Waals surface area contributed by atoms with Gasteiger partial charge < -0.3 is 10.2 Å². The highest BCUT2D eigenvalue weighted by Gasteiger charge is 2.19. The number of carbonyl (C=O) groups excluding carboxylic acids is 2. The summed E-state index contributed by atoms with van der Waals surface area (Å²) in [5, 5.41) is 6.98. The van der Waals surface area contributed by atoms with Crippen LogP contribution in [0.25, 0.3) is 0 Å². The monoisotopic (exact) mass is 375 g/mol. The molecule has 1 saturated heterocycles. The molecule has 0 aliphatic carbocycles. The Kier molecular flexibility index (Phi) is 5.14. The third-order valence-electron chi connectivity index (χ3n) is 4.79. The number of aromatic nitrogens is 3. The molecule has 1 fully saturated rings. The highest BCUT2D eigenvalue weighted by molar-refractivity contribution is 6.04. The lowest BCUT2D eigenvalue weighted by Crippen LogP contribution is -2.35. The van der Waals surface area contributed by atoms with E-state index in [0.29, 0.717) is 18.5 Å². The summed E-state index contributed by atoms with van der Waals surface area (Å²) in [5.41, 5.74) is 3.19. The van der Waals surface area contributed by atoms with Gasteiger partial charge >= 0.3 is 0 Å². The van der Waals surface area contributed by atoms with E-state index in [1.54, 1.807) is 28.0 Å². The van der Waals surface area contributed by atoms with E-state index in [1.807, 2.05) is 36.4 Å². The SMILES string of the molecule is O=C(Nc1ccc(Cn2cncn2)cc1)c1ccc(N2CCCCC2=O)cc1. The molecule has 0 bridgehead atoms. The topological polar surface area (TPSA) is 80.1 Å². The summed E-state index contributed by atoms with van der Waals surface area (Å²) in [7, 11) is 0. The molecular formula is C21H21N5O2. The number of hydrogen-bond donors (Lipinski definition) is 1. The van der Waals surface area contributed by atoms with Crippen molar-refractivity contribution in [3.63, 3.8) is 0 Å². The molecule has 0 spiro atoms. The fourth-order valence-corrected chi connectivity index (χ4v) is 3.27. The first-order chi connectivity index (χ1) is 13.7. The quantitative estimate of drug-likeness (QED) is 0.743. The molecule has 1 N–H and O–H groups in total. The number of carbonyl (C=O) groups is 2. The molecule has 3 aromatic rings. The van der Waals surface area contributed by atoms with Crippen LogP contribution >= 0.6 is 0 Å². The molecule has 1 aromatic heterocycles. The molecule has 2 aromatic carbocycles. The van der Waals surface area contributed by atoms with Gasteiger partial charge in [0, 0.05) is 29.9 Å².